The lowest BCUT2D eigenvalue weighted by Gasteiger charge is -2.14. The molecule has 0 fully saturated rings. The Morgan fingerprint density at radius 2 is 2.25 bits per heavy atom. The van der Waals surface area contributed by atoms with E-state index in [1.165, 1.54) is 5.56 Å². The zero-order valence-electron chi connectivity index (χ0n) is 12.3. The number of rotatable bonds is 6. The lowest BCUT2D eigenvalue weighted by atomic mass is 10.1. The zero-order valence-corrected chi connectivity index (χ0v) is 12.3. The van der Waals surface area contributed by atoms with Gasteiger partial charge in [0, 0.05) is 25.6 Å². The highest BCUT2D eigenvalue weighted by Crippen LogP contribution is 2.36. The summed E-state index contributed by atoms with van der Waals surface area (Å²) in [6, 6.07) is 5.93. The largest absolute Gasteiger partial charge is 0.508 e. The third-order valence-electron chi connectivity index (χ3n) is 3.70. The molecule has 20 heavy (non-hydrogen) atoms. The van der Waals surface area contributed by atoms with Crippen molar-refractivity contribution in [2.75, 3.05) is 13.1 Å². The summed E-state index contributed by atoms with van der Waals surface area (Å²) in [5.74, 6) is 0.971. The van der Waals surface area contributed by atoms with Gasteiger partial charge in [0.15, 0.2) is 0 Å². The number of carbonyl (C=O) groups excluding carboxylic acids is 1. The predicted molar refractivity (Wildman–Crippen MR) is 79.6 cm³/mol. The quantitative estimate of drug-likeness (QED) is 0.746. The average Bonchev–Trinajstić information content (AvgIpc) is 2.81. The fraction of sp³-hybridized carbons (Fsp3) is 0.562. The average molecular weight is 276 g/mol. The van der Waals surface area contributed by atoms with Gasteiger partial charge >= 0.3 is 0 Å². The van der Waals surface area contributed by atoms with Crippen molar-refractivity contribution in [1.82, 2.24) is 10.6 Å². The lowest BCUT2D eigenvalue weighted by molar-refractivity contribution is -0.121. The van der Waals surface area contributed by atoms with Crippen LogP contribution in [0.2, 0.25) is 0 Å². The van der Waals surface area contributed by atoms with Gasteiger partial charge in [-0.25, -0.2) is 0 Å². The monoisotopic (exact) mass is 276 g/mol. The van der Waals surface area contributed by atoms with Crippen molar-refractivity contribution in [3.05, 3.63) is 29.3 Å². The van der Waals surface area contributed by atoms with Crippen LogP contribution < -0.4 is 10.6 Å². The van der Waals surface area contributed by atoms with Gasteiger partial charge in [-0.2, -0.15) is 0 Å². The van der Waals surface area contributed by atoms with Gasteiger partial charge in [0.05, 0.1) is 0 Å². The third-order valence-corrected chi connectivity index (χ3v) is 3.70. The molecule has 1 unspecified atom stereocenters. The Balaban J connectivity index is 1.77. The summed E-state index contributed by atoms with van der Waals surface area (Å²) in [5, 5.41) is 16.1. The van der Waals surface area contributed by atoms with Gasteiger partial charge in [0.1, 0.15) is 5.75 Å². The summed E-state index contributed by atoms with van der Waals surface area (Å²) in [4.78, 5) is 11.6. The Kier molecular flexibility index (Phi) is 5.01. The molecule has 1 aliphatic rings. The van der Waals surface area contributed by atoms with E-state index in [4.69, 9.17) is 0 Å². The van der Waals surface area contributed by atoms with Crippen LogP contribution in [0.4, 0.5) is 0 Å². The maximum Gasteiger partial charge on any atom is 0.221 e. The molecule has 2 rings (SSSR count). The van der Waals surface area contributed by atoms with Crippen molar-refractivity contribution in [3.63, 3.8) is 0 Å². The molecule has 4 heteroatoms. The first-order valence-electron chi connectivity index (χ1n) is 7.38. The standard InChI is InChI=1S/C16H24N2O2/c1-11(2)10-18-16(20)8-9-17-14-7-6-13-12(14)4-3-5-15(13)19/h3-5,11,14,17,19H,6-10H2,1-2H3,(H,18,20). The summed E-state index contributed by atoms with van der Waals surface area (Å²) in [6.45, 7) is 5.57. The molecular weight excluding hydrogens is 252 g/mol. The highest BCUT2D eigenvalue weighted by molar-refractivity contribution is 5.76. The molecule has 4 nitrogen and oxygen atoms in total. The number of hydrogen-bond donors (Lipinski definition) is 3. The van der Waals surface area contributed by atoms with Gasteiger partial charge < -0.3 is 15.7 Å². The minimum absolute atomic E-state index is 0.0975. The van der Waals surface area contributed by atoms with Crippen molar-refractivity contribution in [1.29, 1.82) is 0 Å². The van der Waals surface area contributed by atoms with E-state index in [9.17, 15) is 9.90 Å². The zero-order chi connectivity index (χ0) is 14.5. The number of benzene rings is 1. The molecular formula is C16H24N2O2. The summed E-state index contributed by atoms with van der Waals surface area (Å²) < 4.78 is 0. The Bertz CT molecular complexity index is 472. The molecule has 1 atom stereocenters. The second-order valence-electron chi connectivity index (χ2n) is 5.84. The van der Waals surface area contributed by atoms with E-state index in [2.05, 4.69) is 30.5 Å². The van der Waals surface area contributed by atoms with E-state index in [-0.39, 0.29) is 11.9 Å². The van der Waals surface area contributed by atoms with E-state index in [1.807, 2.05) is 6.07 Å². The molecule has 3 N–H and O–H groups in total. The maximum absolute atomic E-state index is 11.6. The van der Waals surface area contributed by atoms with Crippen LogP contribution in [-0.2, 0) is 11.2 Å². The first-order chi connectivity index (χ1) is 9.58. The van der Waals surface area contributed by atoms with E-state index >= 15 is 0 Å². The van der Waals surface area contributed by atoms with Crippen molar-refractivity contribution < 1.29 is 9.90 Å². The molecule has 0 radical (unpaired) electrons. The van der Waals surface area contributed by atoms with Gasteiger partial charge in [0.25, 0.3) is 0 Å². The van der Waals surface area contributed by atoms with Crippen LogP contribution in [0.1, 0.15) is 43.9 Å². The highest BCUT2D eigenvalue weighted by atomic mass is 16.3. The molecule has 0 heterocycles. The Morgan fingerprint density at radius 3 is 3.00 bits per heavy atom. The van der Waals surface area contributed by atoms with E-state index < -0.39 is 0 Å². The molecule has 0 aromatic heterocycles. The number of carbonyl (C=O) groups is 1. The van der Waals surface area contributed by atoms with Crippen molar-refractivity contribution in [2.45, 2.75) is 39.2 Å². The lowest BCUT2D eigenvalue weighted by Crippen LogP contribution is -2.31. The molecule has 1 aliphatic carbocycles. The number of nitrogens with one attached hydrogen (secondary N) is 2. The Hall–Kier alpha value is -1.55. The summed E-state index contributed by atoms with van der Waals surface area (Å²) in [7, 11) is 0. The molecule has 0 saturated carbocycles. The van der Waals surface area contributed by atoms with Crippen LogP contribution >= 0.6 is 0 Å². The molecule has 1 aromatic carbocycles. The number of phenols is 1. The number of amides is 1. The van der Waals surface area contributed by atoms with Gasteiger partial charge in [-0.3, -0.25) is 4.79 Å². The second-order valence-corrected chi connectivity index (χ2v) is 5.84. The van der Waals surface area contributed by atoms with Gasteiger partial charge in [-0.1, -0.05) is 26.0 Å². The number of fused-ring (bicyclic) bond motifs is 1. The molecule has 0 bridgehead atoms. The van der Waals surface area contributed by atoms with Gasteiger partial charge in [0.2, 0.25) is 5.91 Å². The first kappa shape index (κ1) is 14.9. The summed E-state index contributed by atoms with van der Waals surface area (Å²) in [5.41, 5.74) is 2.22. The van der Waals surface area contributed by atoms with Crippen LogP contribution in [0.5, 0.6) is 5.75 Å². The Morgan fingerprint density at radius 1 is 1.45 bits per heavy atom. The molecule has 0 saturated heterocycles. The van der Waals surface area contributed by atoms with Crippen LogP contribution in [0, 0.1) is 5.92 Å². The smallest absolute Gasteiger partial charge is 0.221 e. The fourth-order valence-corrected chi connectivity index (χ4v) is 2.61. The number of aromatic hydroxyl groups is 1. The predicted octanol–water partition coefficient (Wildman–Crippen LogP) is 2.13. The second kappa shape index (κ2) is 6.75. The molecule has 1 aromatic rings. The molecule has 1 amide bonds. The SMILES string of the molecule is CC(C)CNC(=O)CCNC1CCc2c(O)cccc21. The number of phenolic OH excluding ortho intramolecular Hbond substituents is 1. The molecule has 0 aliphatic heterocycles. The van der Waals surface area contributed by atoms with E-state index in [1.54, 1.807) is 6.07 Å². The van der Waals surface area contributed by atoms with Crippen LogP contribution in [-0.4, -0.2) is 24.1 Å². The summed E-state index contributed by atoms with van der Waals surface area (Å²) in [6.07, 6.45) is 2.39. The van der Waals surface area contributed by atoms with Gasteiger partial charge in [-0.15, -0.1) is 0 Å². The fourth-order valence-electron chi connectivity index (χ4n) is 2.61. The van der Waals surface area contributed by atoms with Crippen LogP contribution in [0.25, 0.3) is 0 Å². The topological polar surface area (TPSA) is 61.4 Å². The van der Waals surface area contributed by atoms with Crippen LogP contribution in [0.15, 0.2) is 18.2 Å². The van der Waals surface area contributed by atoms with Crippen LogP contribution in [0.3, 0.4) is 0 Å². The van der Waals surface area contributed by atoms with Crippen molar-refractivity contribution >= 4 is 5.91 Å². The van der Waals surface area contributed by atoms with E-state index in [0.29, 0.717) is 24.6 Å². The highest BCUT2D eigenvalue weighted by Gasteiger charge is 2.23. The minimum Gasteiger partial charge on any atom is -0.508 e. The molecule has 0 spiro atoms. The van der Waals surface area contributed by atoms with Gasteiger partial charge in [-0.05, 0) is 36.0 Å². The molecule has 110 valence electrons. The Labute approximate surface area is 120 Å². The van der Waals surface area contributed by atoms with Crippen molar-refractivity contribution in [3.8, 4) is 5.75 Å². The van der Waals surface area contributed by atoms with E-state index in [0.717, 1.165) is 24.9 Å². The third kappa shape index (κ3) is 3.73. The normalized spacial score (nSPS) is 17.2. The summed E-state index contributed by atoms with van der Waals surface area (Å²) >= 11 is 0. The van der Waals surface area contributed by atoms with Crippen molar-refractivity contribution in [2.24, 2.45) is 5.92 Å². The maximum atomic E-state index is 11.6. The number of hydrogen-bond acceptors (Lipinski definition) is 3. The minimum atomic E-state index is 0.0975. The first-order valence-corrected chi connectivity index (χ1v) is 7.38.